The number of carbonyl (C=O) groups is 3. The first-order valence-electron chi connectivity index (χ1n) is 10.4. The van der Waals surface area contributed by atoms with Crippen LogP contribution in [0.3, 0.4) is 0 Å². The summed E-state index contributed by atoms with van der Waals surface area (Å²) in [7, 11) is 0. The standard InChI is InChI=1S/C22H31FN4O3/c1-15-6-5-11-26(12-15)21(2,3)14-24-18(28)13-27-19(29)22(4,25-20(27)30)16-7-9-17(23)10-8-16/h7-10,15H,5-6,11-14H2,1-4H3,(H,24,28)(H,25,30). The number of piperidine rings is 1. The van der Waals surface area contributed by atoms with Crippen LogP contribution in [-0.2, 0) is 15.1 Å². The first kappa shape index (κ1) is 22.2. The number of halogens is 1. The van der Waals surface area contributed by atoms with Gasteiger partial charge in [-0.25, -0.2) is 9.18 Å². The summed E-state index contributed by atoms with van der Waals surface area (Å²) in [5.74, 6) is -0.719. The highest BCUT2D eigenvalue weighted by atomic mass is 19.1. The van der Waals surface area contributed by atoms with Gasteiger partial charge in [0, 0.05) is 18.6 Å². The lowest BCUT2D eigenvalue weighted by molar-refractivity contribution is -0.135. The maximum absolute atomic E-state index is 13.2. The Bertz CT molecular complexity index is 826. The van der Waals surface area contributed by atoms with Crippen molar-refractivity contribution in [3.63, 3.8) is 0 Å². The van der Waals surface area contributed by atoms with E-state index in [9.17, 15) is 18.8 Å². The van der Waals surface area contributed by atoms with Gasteiger partial charge in [0.25, 0.3) is 5.91 Å². The molecule has 1 aromatic carbocycles. The zero-order valence-corrected chi connectivity index (χ0v) is 18.1. The van der Waals surface area contributed by atoms with Gasteiger partial charge in [-0.1, -0.05) is 19.1 Å². The van der Waals surface area contributed by atoms with E-state index in [0.717, 1.165) is 24.4 Å². The highest BCUT2D eigenvalue weighted by Gasteiger charge is 2.49. The number of hydrogen-bond donors (Lipinski definition) is 2. The second kappa shape index (κ2) is 8.34. The van der Waals surface area contributed by atoms with E-state index in [4.69, 9.17) is 0 Å². The van der Waals surface area contributed by atoms with Crippen molar-refractivity contribution < 1.29 is 18.8 Å². The average Bonchev–Trinajstić information content (AvgIpc) is 2.91. The number of likely N-dealkylation sites (tertiary alicyclic amines) is 1. The normalized spacial score (nSPS) is 25.4. The molecule has 0 aromatic heterocycles. The molecule has 4 amide bonds. The van der Waals surface area contributed by atoms with Gasteiger partial charge in [0.05, 0.1) is 0 Å². The van der Waals surface area contributed by atoms with Crippen LogP contribution in [0.4, 0.5) is 9.18 Å². The van der Waals surface area contributed by atoms with Crippen molar-refractivity contribution >= 4 is 17.8 Å². The first-order chi connectivity index (χ1) is 14.0. The summed E-state index contributed by atoms with van der Waals surface area (Å²) in [5, 5.41) is 5.50. The monoisotopic (exact) mass is 418 g/mol. The van der Waals surface area contributed by atoms with E-state index in [1.165, 1.54) is 30.7 Å². The van der Waals surface area contributed by atoms with Gasteiger partial charge in [0.1, 0.15) is 17.9 Å². The van der Waals surface area contributed by atoms with E-state index >= 15 is 0 Å². The van der Waals surface area contributed by atoms with Crippen LogP contribution in [0.25, 0.3) is 0 Å². The van der Waals surface area contributed by atoms with Crippen LogP contribution in [0, 0.1) is 11.7 Å². The predicted molar refractivity (Wildman–Crippen MR) is 111 cm³/mol. The van der Waals surface area contributed by atoms with Gasteiger partial charge in [0.15, 0.2) is 0 Å². The van der Waals surface area contributed by atoms with Crippen molar-refractivity contribution in [3.8, 4) is 0 Å². The Morgan fingerprint density at radius 2 is 1.97 bits per heavy atom. The summed E-state index contributed by atoms with van der Waals surface area (Å²) < 4.78 is 13.2. The summed E-state index contributed by atoms with van der Waals surface area (Å²) in [5.41, 5.74) is -1.08. The number of nitrogens with one attached hydrogen (secondary N) is 2. The van der Waals surface area contributed by atoms with Gasteiger partial charge in [-0.3, -0.25) is 19.4 Å². The zero-order valence-electron chi connectivity index (χ0n) is 18.1. The molecule has 0 radical (unpaired) electrons. The van der Waals surface area contributed by atoms with Crippen LogP contribution in [-0.4, -0.2) is 59.4 Å². The second-order valence-corrected chi connectivity index (χ2v) is 9.24. The Kier molecular flexibility index (Phi) is 6.17. The lowest BCUT2D eigenvalue weighted by atomic mass is 9.92. The third kappa shape index (κ3) is 4.48. The summed E-state index contributed by atoms with van der Waals surface area (Å²) in [6, 6.07) is 4.75. The number of hydrogen-bond acceptors (Lipinski definition) is 4. The van der Waals surface area contributed by atoms with Crippen LogP contribution >= 0.6 is 0 Å². The highest BCUT2D eigenvalue weighted by Crippen LogP contribution is 2.29. The van der Waals surface area contributed by atoms with Crippen molar-refractivity contribution in [1.29, 1.82) is 0 Å². The Morgan fingerprint density at radius 3 is 2.60 bits per heavy atom. The van der Waals surface area contributed by atoms with Crippen molar-refractivity contribution in [1.82, 2.24) is 20.4 Å². The summed E-state index contributed by atoms with van der Waals surface area (Å²) in [6.07, 6.45) is 2.36. The van der Waals surface area contributed by atoms with Crippen LogP contribution in [0.15, 0.2) is 24.3 Å². The Labute approximate surface area is 177 Å². The van der Waals surface area contributed by atoms with E-state index in [1.807, 2.05) is 0 Å². The average molecular weight is 419 g/mol. The quantitative estimate of drug-likeness (QED) is 0.694. The number of nitrogens with zero attached hydrogens (tertiary/aromatic N) is 2. The lowest BCUT2D eigenvalue weighted by Gasteiger charge is -2.43. The second-order valence-electron chi connectivity index (χ2n) is 9.24. The fourth-order valence-corrected chi connectivity index (χ4v) is 4.18. The van der Waals surface area contributed by atoms with Crippen LogP contribution < -0.4 is 10.6 Å². The third-order valence-electron chi connectivity index (χ3n) is 6.23. The lowest BCUT2D eigenvalue weighted by Crippen LogP contribution is -2.55. The molecule has 2 saturated heterocycles. The van der Waals surface area contributed by atoms with Gasteiger partial charge in [-0.15, -0.1) is 0 Å². The molecule has 2 aliphatic rings. The topological polar surface area (TPSA) is 81.8 Å². The Morgan fingerprint density at radius 1 is 1.30 bits per heavy atom. The van der Waals surface area contributed by atoms with Crippen LogP contribution in [0.1, 0.15) is 46.1 Å². The Balaban J connectivity index is 1.60. The van der Waals surface area contributed by atoms with Crippen LogP contribution in [0.5, 0.6) is 0 Å². The minimum Gasteiger partial charge on any atom is -0.353 e. The molecule has 2 N–H and O–H groups in total. The number of carbonyl (C=O) groups excluding carboxylic acids is 3. The minimum atomic E-state index is -1.33. The summed E-state index contributed by atoms with van der Waals surface area (Å²) in [4.78, 5) is 41.1. The molecule has 0 saturated carbocycles. The van der Waals surface area contributed by atoms with Crippen molar-refractivity contribution in [2.45, 2.75) is 51.6 Å². The number of rotatable bonds is 6. The SMILES string of the molecule is CC1CCCN(C(C)(C)CNC(=O)CN2C(=O)NC(C)(c3ccc(F)cc3)C2=O)C1. The molecule has 2 heterocycles. The van der Waals surface area contributed by atoms with Gasteiger partial charge in [-0.2, -0.15) is 0 Å². The number of imide groups is 1. The van der Waals surface area contributed by atoms with Crippen molar-refractivity contribution in [3.05, 3.63) is 35.6 Å². The molecule has 2 atom stereocenters. The molecule has 8 heteroatoms. The smallest absolute Gasteiger partial charge is 0.325 e. The van der Waals surface area contributed by atoms with E-state index in [-0.39, 0.29) is 18.0 Å². The largest absolute Gasteiger partial charge is 0.353 e. The van der Waals surface area contributed by atoms with E-state index in [1.54, 1.807) is 6.92 Å². The molecule has 164 valence electrons. The van der Waals surface area contributed by atoms with E-state index in [0.29, 0.717) is 18.0 Å². The van der Waals surface area contributed by atoms with Gasteiger partial charge in [0.2, 0.25) is 5.91 Å². The van der Waals surface area contributed by atoms with Gasteiger partial charge < -0.3 is 10.6 Å². The Hall–Kier alpha value is -2.48. The molecule has 1 aromatic rings. The minimum absolute atomic E-state index is 0.218. The molecule has 30 heavy (non-hydrogen) atoms. The highest BCUT2D eigenvalue weighted by molar-refractivity contribution is 6.09. The molecular formula is C22H31FN4O3. The first-order valence-corrected chi connectivity index (χ1v) is 10.4. The molecule has 7 nitrogen and oxygen atoms in total. The number of amides is 4. The maximum Gasteiger partial charge on any atom is 0.325 e. The predicted octanol–water partition coefficient (Wildman–Crippen LogP) is 2.22. The van der Waals surface area contributed by atoms with Crippen LogP contribution in [0.2, 0.25) is 0 Å². The molecule has 3 rings (SSSR count). The van der Waals surface area contributed by atoms with Gasteiger partial charge >= 0.3 is 6.03 Å². The number of benzene rings is 1. The third-order valence-corrected chi connectivity index (χ3v) is 6.23. The van der Waals surface area contributed by atoms with E-state index in [2.05, 4.69) is 36.3 Å². The molecule has 2 unspecified atom stereocenters. The van der Waals surface area contributed by atoms with Crippen molar-refractivity contribution in [2.24, 2.45) is 5.92 Å². The molecular weight excluding hydrogens is 387 g/mol. The summed E-state index contributed by atoms with van der Waals surface area (Å²) in [6.45, 7) is 10.0. The maximum atomic E-state index is 13.2. The fraction of sp³-hybridized carbons (Fsp3) is 0.591. The van der Waals surface area contributed by atoms with E-state index < -0.39 is 23.3 Å². The zero-order chi connectivity index (χ0) is 22.1. The molecule has 2 aliphatic heterocycles. The molecule has 0 bridgehead atoms. The van der Waals surface area contributed by atoms with Gasteiger partial charge in [-0.05, 0) is 63.8 Å². The fourth-order valence-electron chi connectivity index (χ4n) is 4.18. The molecule has 0 aliphatic carbocycles. The summed E-state index contributed by atoms with van der Waals surface area (Å²) >= 11 is 0. The molecule has 2 fully saturated rings. The van der Waals surface area contributed by atoms with Crippen molar-refractivity contribution in [2.75, 3.05) is 26.2 Å². The molecule has 0 spiro atoms. The number of urea groups is 1.